The molecule has 77 heavy (non-hydrogen) atoms. The molecule has 1 aliphatic heterocycles. The second-order valence-corrected chi connectivity index (χ2v) is 19.8. The summed E-state index contributed by atoms with van der Waals surface area (Å²) < 4.78 is 2.15. The van der Waals surface area contributed by atoms with E-state index in [-0.39, 0.29) is 65.0 Å². The summed E-state index contributed by atoms with van der Waals surface area (Å²) >= 11 is 0. The van der Waals surface area contributed by atoms with Gasteiger partial charge in [-0.25, -0.2) is 0 Å². The lowest BCUT2D eigenvalue weighted by Crippen LogP contribution is -2.46. The molecule has 23 heteroatoms. The third-order valence-electron chi connectivity index (χ3n) is 14.0. The Balaban J connectivity index is 1.41. The second-order valence-electron chi connectivity index (χ2n) is 19.8. The Hall–Kier alpha value is -7.31. The number of hydrogen-bond donors (Lipinski definition) is 12. The largest absolute Gasteiger partial charge is 0.481 e. The van der Waals surface area contributed by atoms with E-state index < -0.39 is 80.1 Å². The molecular formula is C54H74N8O15. The molecule has 4 aromatic rings. The molecule has 0 spiro atoms. The van der Waals surface area contributed by atoms with E-state index in [1.165, 1.54) is 9.80 Å². The molecule has 0 aromatic carbocycles. The van der Waals surface area contributed by atoms with Gasteiger partial charge in [-0.2, -0.15) is 0 Å². The van der Waals surface area contributed by atoms with Gasteiger partial charge in [0.25, 0.3) is 0 Å². The van der Waals surface area contributed by atoms with Crippen molar-refractivity contribution in [3.8, 4) is 0 Å². The maximum absolute atomic E-state index is 13.1. The third-order valence-corrected chi connectivity index (χ3v) is 14.0. The van der Waals surface area contributed by atoms with Gasteiger partial charge in [-0.05, 0) is 125 Å². The van der Waals surface area contributed by atoms with Crippen LogP contribution in [0.15, 0.2) is 0 Å². The molecule has 420 valence electrons. The molecule has 1 aliphatic rings. The average molecular weight is 1080 g/mol. The summed E-state index contributed by atoms with van der Waals surface area (Å²) in [6.45, 7) is 9.28. The Morgan fingerprint density at radius 1 is 0.494 bits per heavy atom. The number of aromatic amines is 3. The highest BCUT2D eigenvalue weighted by Crippen LogP contribution is 2.31. The van der Waals surface area contributed by atoms with Crippen molar-refractivity contribution in [1.29, 1.82) is 0 Å². The van der Waals surface area contributed by atoms with E-state index in [9.17, 15) is 74.4 Å². The fourth-order valence-corrected chi connectivity index (χ4v) is 10.2. The predicted octanol–water partition coefficient (Wildman–Crippen LogP) is 0.397. The normalized spacial score (nSPS) is 12.9. The SMILES string of the molecule is Cc1c2[nH]c(c1CCC(=O)O)C=c1[nH]c(c(C)c1CCC(=O)O)=Cc1c(C)c(C(C)O)c(n1CCCCCCNC(=O)CN(CCN(CCN(CC(=O)O)CC(=O)O)CC(=O)O)CC(=O)O)C=c1[nH]c(c(C(C)O)c1C)=C2. The topological polar surface area (TPSA) is 355 Å². The van der Waals surface area contributed by atoms with Gasteiger partial charge < -0.3 is 65.7 Å². The van der Waals surface area contributed by atoms with Crippen LogP contribution in [-0.4, -0.2) is 182 Å². The number of rotatable bonds is 31. The number of aliphatic carboxylic acids is 6. The van der Waals surface area contributed by atoms with Crippen LogP contribution in [0.4, 0.5) is 0 Å². The van der Waals surface area contributed by atoms with Crippen molar-refractivity contribution >= 4 is 66.0 Å². The number of aliphatic hydroxyl groups excluding tert-OH is 2. The van der Waals surface area contributed by atoms with Gasteiger partial charge in [0.05, 0.1) is 44.9 Å². The minimum atomic E-state index is -1.26. The fourth-order valence-electron chi connectivity index (χ4n) is 10.2. The number of hydrogen-bond acceptors (Lipinski definition) is 12. The van der Waals surface area contributed by atoms with Crippen LogP contribution in [0.25, 0.3) is 24.3 Å². The zero-order valence-corrected chi connectivity index (χ0v) is 44.6. The molecule has 0 radical (unpaired) electrons. The highest BCUT2D eigenvalue weighted by molar-refractivity contribution is 5.79. The zero-order valence-electron chi connectivity index (χ0n) is 44.6. The van der Waals surface area contributed by atoms with Gasteiger partial charge in [0.15, 0.2) is 0 Å². The zero-order chi connectivity index (χ0) is 56.8. The van der Waals surface area contributed by atoms with Crippen LogP contribution in [0.5, 0.6) is 0 Å². The van der Waals surface area contributed by atoms with Gasteiger partial charge in [0.1, 0.15) is 0 Å². The van der Waals surface area contributed by atoms with Gasteiger partial charge in [-0.3, -0.25) is 48.3 Å². The predicted molar refractivity (Wildman–Crippen MR) is 283 cm³/mol. The van der Waals surface area contributed by atoms with Gasteiger partial charge in [0.2, 0.25) is 5.91 Å². The van der Waals surface area contributed by atoms with Gasteiger partial charge in [-0.15, -0.1) is 0 Å². The van der Waals surface area contributed by atoms with Crippen molar-refractivity contribution < 1.29 is 74.4 Å². The number of amides is 1. The van der Waals surface area contributed by atoms with Crippen molar-refractivity contribution in [2.24, 2.45) is 0 Å². The lowest BCUT2D eigenvalue weighted by molar-refractivity contribution is -0.143. The Morgan fingerprint density at radius 2 is 0.974 bits per heavy atom. The smallest absolute Gasteiger partial charge is 0.317 e. The lowest BCUT2D eigenvalue weighted by atomic mass is 10.0. The van der Waals surface area contributed by atoms with Crippen molar-refractivity contribution in [1.82, 2.24) is 39.5 Å². The second kappa shape index (κ2) is 27.6. The fraction of sp³-hybridized carbons (Fsp3) is 0.500. The lowest BCUT2D eigenvalue weighted by Gasteiger charge is -2.27. The Morgan fingerprint density at radius 3 is 1.53 bits per heavy atom. The molecule has 23 nitrogen and oxygen atoms in total. The van der Waals surface area contributed by atoms with Crippen molar-refractivity contribution in [3.05, 3.63) is 88.7 Å². The van der Waals surface area contributed by atoms with Crippen LogP contribution in [0, 0.1) is 27.7 Å². The number of carbonyl (C=O) groups excluding carboxylic acids is 1. The first kappa shape index (κ1) is 60.6. The molecule has 5 rings (SSSR count). The van der Waals surface area contributed by atoms with Crippen LogP contribution in [-0.2, 0) is 52.9 Å². The molecule has 2 atom stereocenters. The Labute approximate surface area is 444 Å². The Kier molecular flexibility index (Phi) is 21.7. The highest BCUT2D eigenvalue weighted by atomic mass is 16.4. The van der Waals surface area contributed by atoms with Crippen molar-refractivity contribution in [2.45, 2.75) is 112 Å². The van der Waals surface area contributed by atoms with Crippen LogP contribution >= 0.6 is 0 Å². The molecule has 0 saturated heterocycles. The molecule has 0 aliphatic carbocycles. The van der Waals surface area contributed by atoms with Gasteiger partial charge in [-0.1, -0.05) is 12.8 Å². The number of H-pyrrole nitrogens is 3. The molecule has 12 N–H and O–H groups in total. The maximum Gasteiger partial charge on any atom is 0.317 e. The molecule has 0 saturated carbocycles. The highest BCUT2D eigenvalue weighted by Gasteiger charge is 2.25. The first-order chi connectivity index (χ1) is 36.3. The van der Waals surface area contributed by atoms with Crippen LogP contribution < -0.4 is 26.7 Å². The van der Waals surface area contributed by atoms with E-state index in [0.717, 1.165) is 61.4 Å². The monoisotopic (exact) mass is 1070 g/mol. The molecule has 0 fully saturated rings. The van der Waals surface area contributed by atoms with E-state index in [0.29, 0.717) is 64.4 Å². The summed E-state index contributed by atoms with van der Waals surface area (Å²) in [5.74, 6) is -7.29. The van der Waals surface area contributed by atoms with Gasteiger partial charge >= 0.3 is 35.8 Å². The van der Waals surface area contributed by atoms with E-state index in [1.807, 2.05) is 52.0 Å². The van der Waals surface area contributed by atoms with E-state index in [2.05, 4.69) is 24.8 Å². The number of fused-ring (bicyclic) bond motifs is 8. The number of carboxylic acids is 6. The molecule has 8 bridgehead atoms. The summed E-state index contributed by atoms with van der Waals surface area (Å²) in [6.07, 6.45) is 8.88. The summed E-state index contributed by atoms with van der Waals surface area (Å²) in [4.78, 5) is 97.3. The van der Waals surface area contributed by atoms with Crippen molar-refractivity contribution in [2.75, 3.05) is 65.4 Å². The summed E-state index contributed by atoms with van der Waals surface area (Å²) in [5.41, 5.74) is 9.08. The Bertz CT molecular complexity index is 3070. The van der Waals surface area contributed by atoms with Gasteiger partial charge in [0, 0.05) is 107 Å². The first-order valence-electron chi connectivity index (χ1n) is 25.7. The van der Waals surface area contributed by atoms with E-state index in [4.69, 9.17) is 0 Å². The van der Waals surface area contributed by atoms with Crippen LogP contribution in [0.3, 0.4) is 0 Å². The minimum Gasteiger partial charge on any atom is -0.481 e. The van der Waals surface area contributed by atoms with Crippen molar-refractivity contribution in [3.63, 3.8) is 0 Å². The number of aliphatic hydroxyl groups is 2. The molecule has 2 unspecified atom stereocenters. The third kappa shape index (κ3) is 16.8. The van der Waals surface area contributed by atoms with Crippen LogP contribution in [0.1, 0.15) is 132 Å². The quantitative estimate of drug-likeness (QED) is 0.0267. The molecular weight excluding hydrogens is 1000 g/mol. The standard InChI is InChI=1S/C54H74N8O15/c1-30-36(11-13-47(66)67)41-22-42-37(12-14-48(68)69)31(2)39(57-42)23-44-33(4)54(35(6)64)45(24-40-32(3)53(34(5)63)43(58-40)21-38(30)56-41)62(44)16-10-8-7-9-15-55-46(65)25-60(27-50(72)73)19-17-59(26-49(70)71)18-20-61(28-51(74)75)29-52(76)77/h21-24,34-35,56-58,63-64H,7-20,25-29H2,1-6H3,(H,55,65)(H,66,67)(H,68,69)(H,70,71)(H,72,73)(H,74,75)(H,76,77). The molecule has 4 aromatic heterocycles. The number of aromatic nitrogens is 4. The number of nitrogens with zero attached hydrogens (tertiary/aromatic N) is 4. The summed E-state index contributed by atoms with van der Waals surface area (Å²) in [7, 11) is 0. The first-order valence-corrected chi connectivity index (χ1v) is 25.7. The van der Waals surface area contributed by atoms with E-state index >= 15 is 0 Å². The van der Waals surface area contributed by atoms with Crippen LogP contribution in [0.2, 0.25) is 0 Å². The number of nitrogens with one attached hydrogen (secondary N) is 4. The maximum atomic E-state index is 13.1. The number of carboxylic acid groups (broad SMARTS) is 6. The number of unbranched alkanes of at least 4 members (excludes halogenated alkanes) is 3. The number of carbonyl (C=O) groups is 7. The summed E-state index contributed by atoms with van der Waals surface area (Å²) in [5, 5.41) is 85.1. The molecule has 1 amide bonds. The summed E-state index contributed by atoms with van der Waals surface area (Å²) in [6, 6.07) is 0. The molecule has 5 heterocycles. The average Bonchev–Trinajstić information content (AvgIpc) is 3.99. The van der Waals surface area contributed by atoms with E-state index in [1.54, 1.807) is 13.8 Å². The minimum absolute atomic E-state index is 0.00268.